The molecule has 6 nitrogen and oxygen atoms in total. The SMILES string of the molecule is Cn1c(CN2C[C@@H]3CC[C@H](C2)N(Cc2ccccn2)C3=O)nc2ccccc21. The second-order valence-electron chi connectivity index (χ2n) is 7.99. The van der Waals surface area contributed by atoms with Crippen molar-refractivity contribution >= 4 is 16.9 Å². The number of carbonyl (C=O) groups is 1. The number of carbonyl (C=O) groups excluding carboxylic acids is 1. The van der Waals surface area contributed by atoms with Gasteiger partial charge in [0.05, 0.1) is 35.7 Å². The van der Waals surface area contributed by atoms with E-state index in [1.165, 1.54) is 0 Å². The third-order valence-electron chi connectivity index (χ3n) is 6.17. The monoisotopic (exact) mass is 375 g/mol. The number of benzene rings is 1. The number of nitrogens with zero attached hydrogens (tertiary/aromatic N) is 5. The number of pyridine rings is 1. The van der Waals surface area contributed by atoms with Crippen molar-refractivity contribution in [2.75, 3.05) is 13.1 Å². The molecule has 3 aliphatic heterocycles. The lowest BCUT2D eigenvalue weighted by atomic mass is 9.94. The Hall–Kier alpha value is -2.73. The van der Waals surface area contributed by atoms with Gasteiger partial charge in [0.2, 0.25) is 5.91 Å². The highest BCUT2D eigenvalue weighted by atomic mass is 16.2. The van der Waals surface area contributed by atoms with Crippen LogP contribution >= 0.6 is 0 Å². The number of amides is 1. The molecule has 3 fully saturated rings. The van der Waals surface area contributed by atoms with E-state index in [1.807, 2.05) is 30.3 Å². The molecule has 0 unspecified atom stereocenters. The molecule has 2 atom stereocenters. The van der Waals surface area contributed by atoms with Gasteiger partial charge in [-0.3, -0.25) is 14.7 Å². The fourth-order valence-electron chi connectivity index (χ4n) is 4.67. The normalized spacial score (nSPS) is 22.8. The van der Waals surface area contributed by atoms with Crippen LogP contribution in [0.3, 0.4) is 0 Å². The number of aryl methyl sites for hydroxylation is 1. The van der Waals surface area contributed by atoms with Crippen molar-refractivity contribution in [2.24, 2.45) is 13.0 Å². The van der Waals surface area contributed by atoms with E-state index in [0.717, 1.165) is 55.0 Å². The first-order chi connectivity index (χ1) is 13.7. The van der Waals surface area contributed by atoms with Gasteiger partial charge in [-0.15, -0.1) is 0 Å². The van der Waals surface area contributed by atoms with E-state index in [-0.39, 0.29) is 17.9 Å². The van der Waals surface area contributed by atoms with Crippen LogP contribution in [-0.2, 0) is 24.9 Å². The van der Waals surface area contributed by atoms with Crippen molar-refractivity contribution in [1.29, 1.82) is 0 Å². The standard InChI is InChI=1S/C22H25N5O/c1-25-20-8-3-2-7-19(20)24-21(25)15-26-12-16-9-10-18(14-26)27(22(16)28)13-17-6-4-5-11-23-17/h2-8,11,16,18H,9-10,12-15H2,1H3/t16-,18+/m0/s1. The van der Waals surface area contributed by atoms with Gasteiger partial charge in [0.1, 0.15) is 5.82 Å². The third-order valence-corrected chi connectivity index (χ3v) is 6.17. The fraction of sp³-hybridized carbons (Fsp3) is 0.409. The highest BCUT2D eigenvalue weighted by molar-refractivity contribution is 5.80. The van der Waals surface area contributed by atoms with E-state index in [4.69, 9.17) is 4.98 Å². The lowest BCUT2D eigenvalue weighted by Gasteiger charge is -2.35. The Labute approximate surface area is 164 Å². The Balaban J connectivity index is 1.37. The zero-order valence-electron chi connectivity index (χ0n) is 16.2. The molecule has 0 radical (unpaired) electrons. The molecule has 6 heteroatoms. The predicted molar refractivity (Wildman–Crippen MR) is 107 cm³/mol. The third kappa shape index (κ3) is 3.07. The number of hydrogen-bond acceptors (Lipinski definition) is 4. The number of hydrogen-bond donors (Lipinski definition) is 0. The minimum Gasteiger partial charge on any atom is -0.332 e. The molecule has 3 aromatic rings. The number of aromatic nitrogens is 3. The van der Waals surface area contributed by atoms with Crippen LogP contribution in [0.15, 0.2) is 48.7 Å². The molecule has 144 valence electrons. The second kappa shape index (κ2) is 7.02. The van der Waals surface area contributed by atoms with Crippen LogP contribution in [0.2, 0.25) is 0 Å². The van der Waals surface area contributed by atoms with Crippen molar-refractivity contribution < 1.29 is 4.79 Å². The summed E-state index contributed by atoms with van der Waals surface area (Å²) in [7, 11) is 2.08. The number of piperidine rings is 1. The first-order valence-corrected chi connectivity index (χ1v) is 10.0. The summed E-state index contributed by atoms with van der Waals surface area (Å²) in [6.07, 6.45) is 3.86. The summed E-state index contributed by atoms with van der Waals surface area (Å²) in [6.45, 7) is 3.11. The summed E-state index contributed by atoms with van der Waals surface area (Å²) >= 11 is 0. The topological polar surface area (TPSA) is 54.3 Å². The summed E-state index contributed by atoms with van der Waals surface area (Å²) in [5.41, 5.74) is 3.15. The minimum atomic E-state index is 0.0807. The van der Waals surface area contributed by atoms with Crippen LogP contribution in [0, 0.1) is 5.92 Å². The predicted octanol–water partition coefficient (Wildman–Crippen LogP) is 2.59. The van der Waals surface area contributed by atoms with Gasteiger partial charge >= 0.3 is 0 Å². The van der Waals surface area contributed by atoms with E-state index in [1.54, 1.807) is 6.20 Å². The minimum absolute atomic E-state index is 0.0807. The van der Waals surface area contributed by atoms with E-state index < -0.39 is 0 Å². The molecule has 0 N–H and O–H groups in total. The van der Waals surface area contributed by atoms with Gasteiger partial charge in [0, 0.05) is 32.4 Å². The molecule has 0 saturated carbocycles. The van der Waals surface area contributed by atoms with Gasteiger partial charge in [-0.05, 0) is 37.1 Å². The van der Waals surface area contributed by atoms with E-state index >= 15 is 0 Å². The maximum Gasteiger partial charge on any atom is 0.227 e. The summed E-state index contributed by atoms with van der Waals surface area (Å²) in [5, 5.41) is 0. The van der Waals surface area contributed by atoms with Crippen molar-refractivity contribution in [2.45, 2.75) is 32.0 Å². The van der Waals surface area contributed by atoms with Gasteiger partial charge in [-0.1, -0.05) is 18.2 Å². The van der Waals surface area contributed by atoms with Crippen LogP contribution in [-0.4, -0.2) is 49.4 Å². The molecule has 3 saturated heterocycles. The van der Waals surface area contributed by atoms with Crippen molar-refractivity contribution in [3.63, 3.8) is 0 Å². The van der Waals surface area contributed by atoms with Crippen molar-refractivity contribution in [3.8, 4) is 0 Å². The van der Waals surface area contributed by atoms with Gasteiger partial charge < -0.3 is 9.47 Å². The molecule has 5 heterocycles. The highest BCUT2D eigenvalue weighted by Gasteiger charge is 2.40. The van der Waals surface area contributed by atoms with Gasteiger partial charge in [0.25, 0.3) is 0 Å². The smallest absolute Gasteiger partial charge is 0.227 e. The fourth-order valence-corrected chi connectivity index (χ4v) is 4.67. The summed E-state index contributed by atoms with van der Waals surface area (Å²) < 4.78 is 2.18. The first kappa shape index (κ1) is 17.4. The summed E-state index contributed by atoms with van der Waals surface area (Å²) in [5.74, 6) is 1.43. The van der Waals surface area contributed by atoms with Crippen LogP contribution in [0.4, 0.5) is 0 Å². The van der Waals surface area contributed by atoms with E-state index in [9.17, 15) is 4.79 Å². The Morgan fingerprint density at radius 1 is 1.04 bits per heavy atom. The van der Waals surface area contributed by atoms with E-state index in [0.29, 0.717) is 6.54 Å². The number of imidazole rings is 1. The maximum absolute atomic E-state index is 13.1. The van der Waals surface area contributed by atoms with Crippen molar-refractivity contribution in [3.05, 3.63) is 60.2 Å². The zero-order valence-corrected chi connectivity index (χ0v) is 16.2. The highest BCUT2D eigenvalue weighted by Crippen LogP contribution is 2.31. The van der Waals surface area contributed by atoms with Gasteiger partial charge in [-0.2, -0.15) is 0 Å². The Kier molecular flexibility index (Phi) is 4.36. The van der Waals surface area contributed by atoms with Crippen LogP contribution in [0.5, 0.6) is 0 Å². The number of rotatable bonds is 4. The lowest BCUT2D eigenvalue weighted by molar-refractivity contribution is -0.140. The molecule has 1 amide bonds. The van der Waals surface area contributed by atoms with Gasteiger partial charge in [-0.25, -0.2) is 4.98 Å². The second-order valence-corrected chi connectivity index (χ2v) is 7.99. The molecule has 2 aromatic heterocycles. The molecule has 0 spiro atoms. The molecular weight excluding hydrogens is 350 g/mol. The number of fused-ring (bicyclic) bond motifs is 5. The quantitative estimate of drug-likeness (QED) is 0.703. The molecule has 28 heavy (non-hydrogen) atoms. The van der Waals surface area contributed by atoms with Crippen LogP contribution < -0.4 is 0 Å². The molecule has 1 aromatic carbocycles. The molecular formula is C22H25N5O. The van der Waals surface area contributed by atoms with Gasteiger partial charge in [0.15, 0.2) is 0 Å². The van der Waals surface area contributed by atoms with Crippen LogP contribution in [0.1, 0.15) is 24.4 Å². The van der Waals surface area contributed by atoms with E-state index in [2.05, 4.69) is 38.5 Å². The molecule has 6 rings (SSSR count). The van der Waals surface area contributed by atoms with Crippen molar-refractivity contribution in [1.82, 2.24) is 24.3 Å². The Bertz CT molecular complexity index is 999. The maximum atomic E-state index is 13.1. The summed E-state index contributed by atoms with van der Waals surface area (Å²) in [4.78, 5) is 26.8. The molecule has 0 aliphatic carbocycles. The zero-order chi connectivity index (χ0) is 19.1. The average Bonchev–Trinajstić information content (AvgIpc) is 2.85. The number of para-hydroxylation sites is 2. The van der Waals surface area contributed by atoms with Crippen LogP contribution in [0.25, 0.3) is 11.0 Å². The Morgan fingerprint density at radius 3 is 2.71 bits per heavy atom. The largest absolute Gasteiger partial charge is 0.332 e. The Morgan fingerprint density at radius 2 is 1.89 bits per heavy atom. The lowest BCUT2D eigenvalue weighted by Crippen LogP contribution is -2.47. The molecule has 2 bridgehead atoms. The molecule has 3 aliphatic rings. The summed E-state index contributed by atoms with van der Waals surface area (Å²) in [6, 6.07) is 14.4. The average molecular weight is 375 g/mol. The first-order valence-electron chi connectivity index (χ1n) is 10.0.